The average molecular weight is 448 g/mol. The Bertz CT molecular complexity index is 966. The van der Waals surface area contributed by atoms with E-state index in [0.29, 0.717) is 23.8 Å². The van der Waals surface area contributed by atoms with Crippen LogP contribution in [0, 0.1) is 5.92 Å². The van der Waals surface area contributed by atoms with Gasteiger partial charge < -0.3 is 10.1 Å². The molecule has 0 heterocycles. The number of carbonyl (C=O) groups is 2. The van der Waals surface area contributed by atoms with Crippen molar-refractivity contribution >= 4 is 17.9 Å². The van der Waals surface area contributed by atoms with Crippen molar-refractivity contribution in [2.75, 3.05) is 13.2 Å². The van der Waals surface area contributed by atoms with Crippen molar-refractivity contribution in [1.82, 2.24) is 10.8 Å². The molecular weight excluding hydrogens is 425 g/mol. The number of benzene rings is 2. The highest BCUT2D eigenvalue weighted by Crippen LogP contribution is 2.30. The van der Waals surface area contributed by atoms with Crippen molar-refractivity contribution in [2.24, 2.45) is 5.92 Å². The van der Waals surface area contributed by atoms with Crippen LogP contribution in [0.15, 0.2) is 54.2 Å². The van der Waals surface area contributed by atoms with E-state index in [1.165, 1.54) is 31.1 Å². The van der Waals surface area contributed by atoms with Gasteiger partial charge >= 0.3 is 6.18 Å². The lowest BCUT2D eigenvalue weighted by molar-refractivity contribution is -0.137. The number of alkyl halides is 3. The van der Waals surface area contributed by atoms with Crippen molar-refractivity contribution < 1.29 is 32.3 Å². The summed E-state index contributed by atoms with van der Waals surface area (Å²) in [4.78, 5) is 29.9. The van der Waals surface area contributed by atoms with Crippen molar-refractivity contribution in [3.63, 3.8) is 0 Å². The maximum absolute atomic E-state index is 12.8. The summed E-state index contributed by atoms with van der Waals surface area (Å²) in [6, 6.07) is 10.6. The van der Waals surface area contributed by atoms with Crippen molar-refractivity contribution in [2.45, 2.75) is 25.9 Å². The summed E-state index contributed by atoms with van der Waals surface area (Å²) in [5.74, 6) is -0.0733. The maximum Gasteiger partial charge on any atom is 0.416 e. The van der Waals surface area contributed by atoms with Gasteiger partial charge in [0.1, 0.15) is 11.4 Å². The first kappa shape index (κ1) is 23.3. The van der Waals surface area contributed by atoms with Gasteiger partial charge in [-0.3, -0.25) is 14.4 Å². The smallest absolute Gasteiger partial charge is 0.416 e. The van der Waals surface area contributed by atoms with Gasteiger partial charge in [-0.05, 0) is 73.7 Å². The minimum Gasteiger partial charge on any atom is -0.493 e. The van der Waals surface area contributed by atoms with Crippen LogP contribution in [0.1, 0.15) is 41.3 Å². The Labute approximate surface area is 183 Å². The van der Waals surface area contributed by atoms with Gasteiger partial charge in [-0.2, -0.15) is 13.2 Å². The number of rotatable bonds is 9. The van der Waals surface area contributed by atoms with E-state index in [2.05, 4.69) is 10.8 Å². The lowest BCUT2D eigenvalue weighted by Crippen LogP contribution is -2.35. The van der Waals surface area contributed by atoms with Gasteiger partial charge in [0.05, 0.1) is 18.8 Å². The van der Waals surface area contributed by atoms with Gasteiger partial charge in [0.25, 0.3) is 11.8 Å². The third kappa shape index (κ3) is 6.84. The van der Waals surface area contributed by atoms with Crippen LogP contribution in [0.2, 0.25) is 0 Å². The Hall–Kier alpha value is -3.33. The third-order valence-electron chi connectivity index (χ3n) is 4.65. The fourth-order valence-electron chi connectivity index (χ4n) is 2.68. The van der Waals surface area contributed by atoms with Crippen LogP contribution in [0.25, 0.3) is 6.08 Å². The second-order valence-corrected chi connectivity index (χ2v) is 7.27. The quantitative estimate of drug-likeness (QED) is 0.442. The molecule has 2 aromatic carbocycles. The molecule has 0 atom stereocenters. The summed E-state index contributed by atoms with van der Waals surface area (Å²) < 4.78 is 43.9. The van der Waals surface area contributed by atoms with E-state index in [-0.39, 0.29) is 17.9 Å². The van der Waals surface area contributed by atoms with E-state index >= 15 is 0 Å². The van der Waals surface area contributed by atoms with Crippen LogP contribution in [0.3, 0.4) is 0 Å². The summed E-state index contributed by atoms with van der Waals surface area (Å²) in [6.45, 7) is 2.49. The fourth-order valence-corrected chi connectivity index (χ4v) is 2.68. The van der Waals surface area contributed by atoms with Crippen LogP contribution in [-0.2, 0) is 15.8 Å². The number of hydrogen-bond donors (Lipinski definition) is 2. The zero-order chi connectivity index (χ0) is 23.1. The molecule has 1 saturated carbocycles. The second kappa shape index (κ2) is 10.3. The highest BCUT2D eigenvalue weighted by atomic mass is 19.4. The summed E-state index contributed by atoms with van der Waals surface area (Å²) >= 11 is 0. The van der Waals surface area contributed by atoms with E-state index in [4.69, 9.17) is 9.57 Å². The van der Waals surface area contributed by atoms with Crippen LogP contribution in [0.4, 0.5) is 13.2 Å². The number of hydroxylamine groups is 1. The molecule has 0 saturated heterocycles. The molecule has 1 aliphatic rings. The topological polar surface area (TPSA) is 76.7 Å². The Morgan fingerprint density at radius 1 is 1.06 bits per heavy atom. The first-order valence-corrected chi connectivity index (χ1v) is 10.1. The minimum atomic E-state index is -4.47. The van der Waals surface area contributed by atoms with Crippen LogP contribution in [0.5, 0.6) is 5.75 Å². The van der Waals surface area contributed by atoms with E-state index in [1.807, 2.05) is 0 Å². The van der Waals surface area contributed by atoms with Gasteiger partial charge in [-0.1, -0.05) is 12.1 Å². The molecule has 0 aromatic heterocycles. The van der Waals surface area contributed by atoms with Crippen molar-refractivity contribution in [1.29, 1.82) is 0 Å². The Balaban J connectivity index is 1.73. The summed E-state index contributed by atoms with van der Waals surface area (Å²) in [5.41, 5.74) is 1.74. The Morgan fingerprint density at radius 3 is 2.28 bits per heavy atom. The molecule has 32 heavy (non-hydrogen) atoms. The molecule has 1 aliphatic carbocycles. The predicted molar refractivity (Wildman–Crippen MR) is 111 cm³/mol. The van der Waals surface area contributed by atoms with Crippen molar-refractivity contribution in [3.8, 4) is 5.75 Å². The summed E-state index contributed by atoms with van der Waals surface area (Å²) in [6.07, 6.45) is -0.879. The summed E-state index contributed by atoms with van der Waals surface area (Å²) in [5, 5.41) is 2.48. The molecule has 0 radical (unpaired) electrons. The van der Waals surface area contributed by atoms with Gasteiger partial charge in [-0.25, -0.2) is 5.48 Å². The molecule has 170 valence electrons. The van der Waals surface area contributed by atoms with Crippen LogP contribution >= 0.6 is 0 Å². The highest BCUT2D eigenvalue weighted by molar-refractivity contribution is 6.05. The molecule has 2 amide bonds. The number of amides is 2. The van der Waals surface area contributed by atoms with E-state index < -0.39 is 23.6 Å². The number of ether oxygens (including phenoxy) is 1. The third-order valence-corrected chi connectivity index (χ3v) is 4.65. The molecule has 0 unspecified atom stereocenters. The molecule has 0 aliphatic heterocycles. The lowest BCUT2D eigenvalue weighted by Gasteiger charge is -2.12. The molecule has 6 nitrogen and oxygen atoms in total. The van der Waals surface area contributed by atoms with Gasteiger partial charge in [0.2, 0.25) is 0 Å². The number of halogens is 3. The highest BCUT2D eigenvalue weighted by Gasteiger charge is 2.30. The fraction of sp³-hybridized carbons (Fsp3) is 0.304. The van der Waals surface area contributed by atoms with Gasteiger partial charge in [-0.15, -0.1) is 0 Å². The Morgan fingerprint density at radius 2 is 1.72 bits per heavy atom. The SMILES string of the molecule is CCONC(=O)/C(=C/c1ccc(C(F)(F)F)cc1)NC(=O)c1ccc(OCC2CC2)cc1. The van der Waals surface area contributed by atoms with Crippen LogP contribution < -0.4 is 15.5 Å². The number of hydrogen-bond acceptors (Lipinski definition) is 4. The van der Waals surface area contributed by atoms with E-state index in [1.54, 1.807) is 31.2 Å². The van der Waals surface area contributed by atoms with Crippen molar-refractivity contribution in [3.05, 3.63) is 70.9 Å². The molecule has 9 heteroatoms. The summed E-state index contributed by atoms with van der Waals surface area (Å²) in [7, 11) is 0. The first-order valence-electron chi connectivity index (χ1n) is 10.1. The Kier molecular flexibility index (Phi) is 7.53. The minimum absolute atomic E-state index is 0.183. The van der Waals surface area contributed by atoms with E-state index in [0.717, 1.165) is 12.1 Å². The predicted octanol–water partition coefficient (Wildman–Crippen LogP) is 4.33. The molecule has 2 N–H and O–H groups in total. The molecular formula is C23H23F3N2O4. The first-order chi connectivity index (χ1) is 15.3. The molecule has 1 fully saturated rings. The zero-order valence-corrected chi connectivity index (χ0v) is 17.4. The molecule has 2 aromatic rings. The van der Waals surface area contributed by atoms with Crippen LogP contribution in [-0.4, -0.2) is 25.0 Å². The van der Waals surface area contributed by atoms with Gasteiger partial charge in [0, 0.05) is 5.56 Å². The monoisotopic (exact) mass is 448 g/mol. The number of carbonyl (C=O) groups excluding carboxylic acids is 2. The number of nitrogens with one attached hydrogen (secondary N) is 2. The largest absolute Gasteiger partial charge is 0.493 e. The standard InChI is InChI=1S/C23H23F3N2O4/c1-2-32-28-22(30)20(13-15-5-9-18(10-6-15)23(24,25)26)27-21(29)17-7-11-19(12-8-17)31-14-16-3-4-16/h5-13,16H,2-4,14H2,1H3,(H,27,29)(H,28,30)/b20-13-. The zero-order valence-electron chi connectivity index (χ0n) is 17.4. The normalized spacial score (nSPS) is 14.1. The second-order valence-electron chi connectivity index (χ2n) is 7.27. The molecule has 0 bridgehead atoms. The van der Waals surface area contributed by atoms with E-state index in [9.17, 15) is 22.8 Å². The lowest BCUT2D eigenvalue weighted by atomic mass is 10.1. The molecule has 3 rings (SSSR count). The molecule has 0 spiro atoms. The maximum atomic E-state index is 12.8. The average Bonchev–Trinajstić information content (AvgIpc) is 3.60. The van der Waals surface area contributed by atoms with Gasteiger partial charge in [0.15, 0.2) is 0 Å².